The number of ether oxygens (including phenoxy) is 1. The first-order chi connectivity index (χ1) is 10.7. The number of nitrogens with one attached hydrogen (secondary N) is 1. The predicted molar refractivity (Wildman–Crippen MR) is 81.6 cm³/mol. The number of amides is 1. The van der Waals surface area contributed by atoms with Crippen LogP contribution in [0.2, 0.25) is 0 Å². The summed E-state index contributed by atoms with van der Waals surface area (Å²) < 4.78 is 18.8. The topological polar surface area (TPSA) is 95.9 Å². The molecule has 0 fully saturated rings. The number of alkyl carbamates (subject to hydrolysis) is 1. The molecule has 2 atom stereocenters. The fraction of sp³-hybridized carbons (Fsp3) is 0.500. The van der Waals surface area contributed by atoms with Crippen LogP contribution in [0.5, 0.6) is 0 Å². The maximum Gasteiger partial charge on any atom is 0.407 e. The SMILES string of the molecule is CC(C)(C)OC(=O)NCCC(O)C(O)c1c(F)cccc1C=O. The van der Waals surface area contributed by atoms with Crippen LogP contribution < -0.4 is 5.32 Å². The Morgan fingerprint density at radius 2 is 2.04 bits per heavy atom. The number of aliphatic hydroxyl groups is 2. The Bertz CT molecular complexity index is 556. The molecule has 0 aliphatic heterocycles. The second-order valence-electron chi connectivity index (χ2n) is 6.09. The van der Waals surface area contributed by atoms with Crippen LogP contribution in [0, 0.1) is 5.82 Å². The van der Waals surface area contributed by atoms with E-state index in [2.05, 4.69) is 5.32 Å². The average Bonchev–Trinajstić information content (AvgIpc) is 2.44. The largest absolute Gasteiger partial charge is 0.444 e. The van der Waals surface area contributed by atoms with E-state index in [4.69, 9.17) is 4.74 Å². The number of carbonyl (C=O) groups is 2. The summed E-state index contributed by atoms with van der Waals surface area (Å²) in [6.45, 7) is 5.16. The summed E-state index contributed by atoms with van der Waals surface area (Å²) in [7, 11) is 0. The van der Waals surface area contributed by atoms with Gasteiger partial charge in [0.2, 0.25) is 0 Å². The van der Waals surface area contributed by atoms with Gasteiger partial charge in [-0.15, -0.1) is 0 Å². The van der Waals surface area contributed by atoms with Crippen molar-refractivity contribution in [2.45, 2.75) is 45.0 Å². The van der Waals surface area contributed by atoms with Crippen molar-refractivity contribution >= 4 is 12.4 Å². The van der Waals surface area contributed by atoms with Gasteiger partial charge >= 0.3 is 6.09 Å². The molecule has 0 aliphatic rings. The fourth-order valence-electron chi connectivity index (χ4n) is 1.96. The molecule has 23 heavy (non-hydrogen) atoms. The first kappa shape index (κ1) is 19.1. The number of benzene rings is 1. The molecule has 0 saturated heterocycles. The molecular formula is C16H22FNO5. The van der Waals surface area contributed by atoms with Crippen LogP contribution in [0.1, 0.15) is 49.2 Å². The molecule has 0 saturated carbocycles. The lowest BCUT2D eigenvalue weighted by molar-refractivity contribution is 0.0101. The van der Waals surface area contributed by atoms with Gasteiger partial charge in [0.05, 0.1) is 6.10 Å². The van der Waals surface area contributed by atoms with Gasteiger partial charge < -0.3 is 20.3 Å². The van der Waals surface area contributed by atoms with Crippen molar-refractivity contribution in [3.8, 4) is 0 Å². The quantitative estimate of drug-likeness (QED) is 0.694. The van der Waals surface area contributed by atoms with Gasteiger partial charge in [0.25, 0.3) is 0 Å². The van der Waals surface area contributed by atoms with E-state index < -0.39 is 29.7 Å². The van der Waals surface area contributed by atoms with Gasteiger partial charge in [-0.05, 0) is 33.3 Å². The van der Waals surface area contributed by atoms with Crippen molar-refractivity contribution in [1.29, 1.82) is 0 Å². The van der Waals surface area contributed by atoms with Crippen molar-refractivity contribution < 1.29 is 28.9 Å². The summed E-state index contributed by atoms with van der Waals surface area (Å²) in [5.41, 5.74) is -0.933. The number of hydrogen-bond acceptors (Lipinski definition) is 5. The van der Waals surface area contributed by atoms with E-state index in [1.807, 2.05) is 0 Å². The van der Waals surface area contributed by atoms with E-state index in [9.17, 15) is 24.2 Å². The van der Waals surface area contributed by atoms with Crippen LogP contribution in [-0.2, 0) is 4.74 Å². The monoisotopic (exact) mass is 327 g/mol. The first-order valence-corrected chi connectivity index (χ1v) is 7.22. The Morgan fingerprint density at radius 1 is 1.39 bits per heavy atom. The summed E-state index contributed by atoms with van der Waals surface area (Å²) in [5, 5.41) is 22.4. The minimum Gasteiger partial charge on any atom is -0.444 e. The molecular weight excluding hydrogens is 305 g/mol. The molecule has 1 aromatic rings. The minimum atomic E-state index is -1.57. The molecule has 0 aromatic heterocycles. The smallest absolute Gasteiger partial charge is 0.407 e. The van der Waals surface area contributed by atoms with Crippen molar-refractivity contribution in [3.63, 3.8) is 0 Å². The number of aldehydes is 1. The van der Waals surface area contributed by atoms with Crippen LogP contribution in [-0.4, -0.2) is 40.8 Å². The van der Waals surface area contributed by atoms with Crippen molar-refractivity contribution in [1.82, 2.24) is 5.32 Å². The van der Waals surface area contributed by atoms with Crippen LogP contribution in [0.15, 0.2) is 18.2 Å². The van der Waals surface area contributed by atoms with E-state index in [0.717, 1.165) is 6.07 Å². The highest BCUT2D eigenvalue weighted by atomic mass is 19.1. The van der Waals surface area contributed by atoms with Gasteiger partial charge in [-0.1, -0.05) is 12.1 Å². The highest BCUT2D eigenvalue weighted by Crippen LogP contribution is 2.24. The normalized spacial score (nSPS) is 14.0. The first-order valence-electron chi connectivity index (χ1n) is 7.22. The van der Waals surface area contributed by atoms with E-state index in [0.29, 0.717) is 6.29 Å². The highest BCUT2D eigenvalue weighted by Gasteiger charge is 2.24. The second kappa shape index (κ2) is 8.03. The Kier molecular flexibility index (Phi) is 6.65. The highest BCUT2D eigenvalue weighted by molar-refractivity contribution is 5.77. The average molecular weight is 327 g/mol. The number of hydrogen-bond donors (Lipinski definition) is 3. The molecule has 0 heterocycles. The van der Waals surface area contributed by atoms with Gasteiger partial charge in [-0.2, -0.15) is 0 Å². The van der Waals surface area contributed by atoms with Crippen LogP contribution in [0.25, 0.3) is 0 Å². The summed E-state index contributed by atoms with van der Waals surface area (Å²) >= 11 is 0. The molecule has 128 valence electrons. The lowest BCUT2D eigenvalue weighted by atomic mass is 9.97. The Morgan fingerprint density at radius 3 is 2.61 bits per heavy atom. The molecule has 0 aliphatic carbocycles. The molecule has 1 rings (SSSR count). The van der Waals surface area contributed by atoms with E-state index in [-0.39, 0.29) is 24.1 Å². The predicted octanol–water partition coefficient (Wildman–Crippen LogP) is 1.95. The molecule has 1 aromatic carbocycles. The lowest BCUT2D eigenvalue weighted by Gasteiger charge is -2.22. The Hall–Kier alpha value is -1.99. The number of halogens is 1. The molecule has 6 nitrogen and oxygen atoms in total. The fourth-order valence-corrected chi connectivity index (χ4v) is 1.96. The zero-order valence-corrected chi connectivity index (χ0v) is 13.4. The summed E-state index contributed by atoms with van der Waals surface area (Å²) in [4.78, 5) is 22.4. The lowest BCUT2D eigenvalue weighted by Crippen LogP contribution is -2.34. The number of aliphatic hydroxyl groups excluding tert-OH is 2. The van der Waals surface area contributed by atoms with Gasteiger partial charge in [0.15, 0.2) is 6.29 Å². The Balaban J connectivity index is 2.60. The number of carbonyl (C=O) groups excluding carboxylic acids is 2. The van der Waals surface area contributed by atoms with Gasteiger partial charge in [0, 0.05) is 17.7 Å². The van der Waals surface area contributed by atoms with Crippen LogP contribution in [0.3, 0.4) is 0 Å². The van der Waals surface area contributed by atoms with Gasteiger partial charge in [-0.25, -0.2) is 9.18 Å². The molecule has 1 amide bonds. The molecule has 0 bridgehead atoms. The standard InChI is InChI=1S/C16H22FNO5/c1-16(2,3)23-15(22)18-8-7-12(20)14(21)13-10(9-19)5-4-6-11(13)17/h4-6,9,12,14,20-21H,7-8H2,1-3H3,(H,18,22). The van der Waals surface area contributed by atoms with Crippen molar-refractivity contribution in [3.05, 3.63) is 35.1 Å². The van der Waals surface area contributed by atoms with Crippen molar-refractivity contribution in [2.24, 2.45) is 0 Å². The third-order valence-electron chi connectivity index (χ3n) is 2.98. The maximum atomic E-state index is 13.8. The van der Waals surface area contributed by atoms with Gasteiger partial charge in [0.1, 0.15) is 17.5 Å². The summed E-state index contributed by atoms with van der Waals surface area (Å²) in [6.07, 6.45) is -3.20. The Labute approximate surface area is 134 Å². The number of rotatable bonds is 6. The zero-order chi connectivity index (χ0) is 17.6. The molecule has 7 heteroatoms. The molecule has 0 radical (unpaired) electrons. The van der Waals surface area contributed by atoms with E-state index >= 15 is 0 Å². The third-order valence-corrected chi connectivity index (χ3v) is 2.98. The molecule has 3 N–H and O–H groups in total. The van der Waals surface area contributed by atoms with E-state index in [1.54, 1.807) is 20.8 Å². The zero-order valence-electron chi connectivity index (χ0n) is 13.4. The minimum absolute atomic E-state index is 0.0258. The summed E-state index contributed by atoms with van der Waals surface area (Å²) in [5.74, 6) is -0.777. The van der Waals surface area contributed by atoms with Crippen molar-refractivity contribution in [2.75, 3.05) is 6.54 Å². The summed E-state index contributed by atoms with van der Waals surface area (Å²) in [6, 6.07) is 3.78. The molecule has 2 unspecified atom stereocenters. The maximum absolute atomic E-state index is 13.8. The van der Waals surface area contributed by atoms with Crippen LogP contribution >= 0.6 is 0 Å². The van der Waals surface area contributed by atoms with E-state index in [1.165, 1.54) is 12.1 Å². The van der Waals surface area contributed by atoms with Crippen LogP contribution in [0.4, 0.5) is 9.18 Å². The second-order valence-corrected chi connectivity index (χ2v) is 6.09. The molecule has 0 spiro atoms. The van der Waals surface area contributed by atoms with Gasteiger partial charge in [-0.3, -0.25) is 4.79 Å². The third kappa shape index (κ3) is 5.96.